The molecular formula is C14H19NO3. The van der Waals surface area contributed by atoms with Gasteiger partial charge in [-0.05, 0) is 37.5 Å². The van der Waals surface area contributed by atoms with Crippen molar-refractivity contribution in [2.24, 2.45) is 0 Å². The molecule has 1 amide bonds. The molecule has 0 aliphatic carbocycles. The highest BCUT2D eigenvalue weighted by Crippen LogP contribution is 2.08. The Morgan fingerprint density at radius 3 is 2.39 bits per heavy atom. The van der Waals surface area contributed by atoms with Crippen molar-refractivity contribution in [3.05, 3.63) is 35.4 Å². The molecule has 0 fully saturated rings. The van der Waals surface area contributed by atoms with Gasteiger partial charge >= 0.3 is 5.97 Å². The number of amides is 1. The number of aliphatic carboxylic acids is 1. The second-order valence-electron chi connectivity index (χ2n) is 4.33. The molecule has 4 nitrogen and oxygen atoms in total. The van der Waals surface area contributed by atoms with E-state index in [0.717, 1.165) is 19.3 Å². The molecule has 1 rings (SSSR count). The van der Waals surface area contributed by atoms with Crippen LogP contribution in [0.4, 0.5) is 0 Å². The van der Waals surface area contributed by atoms with Gasteiger partial charge in [0, 0.05) is 5.56 Å². The average molecular weight is 249 g/mol. The van der Waals surface area contributed by atoms with Crippen molar-refractivity contribution >= 4 is 11.9 Å². The third-order valence-electron chi connectivity index (χ3n) is 2.75. The van der Waals surface area contributed by atoms with E-state index in [1.807, 2.05) is 12.1 Å². The van der Waals surface area contributed by atoms with Gasteiger partial charge in [0.15, 0.2) is 0 Å². The molecule has 0 heterocycles. The minimum absolute atomic E-state index is 0.355. The van der Waals surface area contributed by atoms with Gasteiger partial charge in [-0.1, -0.05) is 25.5 Å². The van der Waals surface area contributed by atoms with Crippen molar-refractivity contribution in [3.63, 3.8) is 0 Å². The molecule has 1 unspecified atom stereocenters. The molecule has 0 saturated heterocycles. The van der Waals surface area contributed by atoms with Crippen molar-refractivity contribution in [1.82, 2.24) is 5.32 Å². The van der Waals surface area contributed by atoms with Gasteiger partial charge in [-0.2, -0.15) is 0 Å². The SMILES string of the molecule is CCCCc1ccc(C(=O)NC(C)C(=O)O)cc1. The number of carboxylic acid groups (broad SMARTS) is 1. The Morgan fingerprint density at radius 1 is 1.28 bits per heavy atom. The van der Waals surface area contributed by atoms with Crippen molar-refractivity contribution in [1.29, 1.82) is 0 Å². The minimum Gasteiger partial charge on any atom is -0.480 e. The Bertz CT molecular complexity index is 412. The lowest BCUT2D eigenvalue weighted by molar-refractivity contribution is -0.138. The smallest absolute Gasteiger partial charge is 0.325 e. The third kappa shape index (κ3) is 4.20. The zero-order valence-electron chi connectivity index (χ0n) is 10.8. The van der Waals surface area contributed by atoms with E-state index in [1.54, 1.807) is 12.1 Å². The molecular weight excluding hydrogens is 230 g/mol. The van der Waals surface area contributed by atoms with Crippen LogP contribution in [0, 0.1) is 0 Å². The molecule has 0 aliphatic rings. The summed E-state index contributed by atoms with van der Waals surface area (Å²) in [6, 6.07) is 6.41. The topological polar surface area (TPSA) is 66.4 Å². The van der Waals surface area contributed by atoms with Gasteiger partial charge in [0.25, 0.3) is 5.91 Å². The number of unbranched alkanes of at least 4 members (excludes halogenated alkanes) is 1. The largest absolute Gasteiger partial charge is 0.480 e. The molecule has 18 heavy (non-hydrogen) atoms. The number of carbonyl (C=O) groups excluding carboxylic acids is 1. The number of hydrogen-bond donors (Lipinski definition) is 2. The van der Waals surface area contributed by atoms with E-state index in [9.17, 15) is 9.59 Å². The molecule has 1 aromatic rings. The summed E-state index contributed by atoms with van der Waals surface area (Å²) in [5.74, 6) is -1.39. The molecule has 98 valence electrons. The minimum atomic E-state index is -1.04. The normalized spacial score (nSPS) is 11.9. The monoisotopic (exact) mass is 249 g/mol. The first-order chi connectivity index (χ1) is 8.54. The first-order valence-corrected chi connectivity index (χ1v) is 6.17. The van der Waals surface area contributed by atoms with Crippen LogP contribution < -0.4 is 5.32 Å². The Labute approximate surface area is 107 Å². The van der Waals surface area contributed by atoms with Crippen LogP contribution in [-0.2, 0) is 11.2 Å². The fraction of sp³-hybridized carbons (Fsp3) is 0.429. The van der Waals surface area contributed by atoms with Gasteiger partial charge in [0.2, 0.25) is 0 Å². The number of rotatable bonds is 6. The van der Waals surface area contributed by atoms with Crippen LogP contribution in [0.2, 0.25) is 0 Å². The zero-order chi connectivity index (χ0) is 13.5. The first kappa shape index (κ1) is 14.2. The van der Waals surface area contributed by atoms with Crippen molar-refractivity contribution in [2.75, 3.05) is 0 Å². The summed E-state index contributed by atoms with van der Waals surface area (Å²) in [7, 11) is 0. The molecule has 4 heteroatoms. The molecule has 0 spiro atoms. The zero-order valence-corrected chi connectivity index (χ0v) is 10.8. The summed E-state index contributed by atoms with van der Waals surface area (Å²) >= 11 is 0. The summed E-state index contributed by atoms with van der Waals surface area (Å²) in [5, 5.41) is 11.1. The second kappa shape index (κ2) is 6.79. The van der Waals surface area contributed by atoms with Crippen molar-refractivity contribution < 1.29 is 14.7 Å². The summed E-state index contributed by atoms with van der Waals surface area (Å²) < 4.78 is 0. The lowest BCUT2D eigenvalue weighted by Crippen LogP contribution is -2.38. The fourth-order valence-corrected chi connectivity index (χ4v) is 1.55. The van der Waals surface area contributed by atoms with Gasteiger partial charge in [-0.25, -0.2) is 0 Å². The third-order valence-corrected chi connectivity index (χ3v) is 2.75. The second-order valence-corrected chi connectivity index (χ2v) is 4.33. The van der Waals surface area contributed by atoms with Crippen LogP contribution in [0.15, 0.2) is 24.3 Å². The van der Waals surface area contributed by atoms with Crippen molar-refractivity contribution in [3.8, 4) is 0 Å². The Balaban J connectivity index is 2.61. The van der Waals surface area contributed by atoms with Crippen LogP contribution in [0.25, 0.3) is 0 Å². The van der Waals surface area contributed by atoms with Gasteiger partial charge in [-0.3, -0.25) is 9.59 Å². The van der Waals surface area contributed by atoms with E-state index < -0.39 is 12.0 Å². The van der Waals surface area contributed by atoms with E-state index in [4.69, 9.17) is 5.11 Å². The van der Waals surface area contributed by atoms with E-state index in [-0.39, 0.29) is 5.91 Å². The number of carboxylic acids is 1. The molecule has 1 atom stereocenters. The molecule has 0 aliphatic heterocycles. The highest BCUT2D eigenvalue weighted by atomic mass is 16.4. The number of nitrogens with one attached hydrogen (secondary N) is 1. The van der Waals surface area contributed by atoms with Gasteiger partial charge in [0.1, 0.15) is 6.04 Å². The molecule has 0 bridgehead atoms. The maximum Gasteiger partial charge on any atom is 0.325 e. The molecule has 0 saturated carbocycles. The first-order valence-electron chi connectivity index (χ1n) is 6.17. The maximum atomic E-state index is 11.7. The summed E-state index contributed by atoms with van der Waals surface area (Å²) in [5.41, 5.74) is 1.68. The van der Waals surface area contributed by atoms with Crippen LogP contribution in [0.1, 0.15) is 42.6 Å². The predicted molar refractivity (Wildman–Crippen MR) is 69.6 cm³/mol. The van der Waals surface area contributed by atoms with Crippen LogP contribution >= 0.6 is 0 Å². The van der Waals surface area contributed by atoms with Gasteiger partial charge < -0.3 is 10.4 Å². The number of aryl methyl sites for hydroxylation is 1. The lowest BCUT2D eigenvalue weighted by Gasteiger charge is -2.09. The van der Waals surface area contributed by atoms with Crippen LogP contribution in [0.3, 0.4) is 0 Å². The molecule has 0 radical (unpaired) electrons. The number of benzene rings is 1. The molecule has 0 aromatic heterocycles. The summed E-state index contributed by atoms with van der Waals surface area (Å²) in [6.45, 7) is 3.57. The fourth-order valence-electron chi connectivity index (χ4n) is 1.55. The van der Waals surface area contributed by atoms with E-state index in [0.29, 0.717) is 5.56 Å². The van der Waals surface area contributed by atoms with E-state index in [1.165, 1.54) is 12.5 Å². The standard InChI is InChI=1S/C14H19NO3/c1-3-4-5-11-6-8-12(9-7-11)13(16)15-10(2)14(17)18/h6-10H,3-5H2,1-2H3,(H,15,16)(H,17,18). The number of carbonyl (C=O) groups is 2. The Kier molecular flexibility index (Phi) is 5.36. The van der Waals surface area contributed by atoms with Crippen LogP contribution in [0.5, 0.6) is 0 Å². The highest BCUT2D eigenvalue weighted by molar-refractivity contribution is 5.96. The van der Waals surface area contributed by atoms with E-state index >= 15 is 0 Å². The molecule has 2 N–H and O–H groups in total. The highest BCUT2D eigenvalue weighted by Gasteiger charge is 2.14. The quantitative estimate of drug-likeness (QED) is 0.812. The molecule has 1 aromatic carbocycles. The number of hydrogen-bond acceptors (Lipinski definition) is 2. The van der Waals surface area contributed by atoms with Crippen LogP contribution in [-0.4, -0.2) is 23.0 Å². The Morgan fingerprint density at radius 2 is 1.89 bits per heavy atom. The average Bonchev–Trinajstić information content (AvgIpc) is 2.36. The maximum absolute atomic E-state index is 11.7. The van der Waals surface area contributed by atoms with Crippen molar-refractivity contribution in [2.45, 2.75) is 39.2 Å². The van der Waals surface area contributed by atoms with Gasteiger partial charge in [0.05, 0.1) is 0 Å². The predicted octanol–water partition coefficient (Wildman–Crippen LogP) is 2.23. The summed E-state index contributed by atoms with van der Waals surface area (Å²) in [6.07, 6.45) is 3.27. The lowest BCUT2D eigenvalue weighted by atomic mass is 10.1. The summed E-state index contributed by atoms with van der Waals surface area (Å²) in [4.78, 5) is 22.3. The Hall–Kier alpha value is -1.84. The van der Waals surface area contributed by atoms with E-state index in [2.05, 4.69) is 12.2 Å². The van der Waals surface area contributed by atoms with Gasteiger partial charge in [-0.15, -0.1) is 0 Å².